The van der Waals surface area contributed by atoms with E-state index < -0.39 is 49.0 Å². The highest BCUT2D eigenvalue weighted by molar-refractivity contribution is 5.97. The molecule has 6 amide bonds. The minimum Gasteiger partial charge on any atom is -0.451 e. The van der Waals surface area contributed by atoms with Crippen molar-refractivity contribution in [3.05, 3.63) is 29.6 Å². The molecule has 0 radical (unpaired) electrons. The smallest absolute Gasteiger partial charge is 0.357 e. The van der Waals surface area contributed by atoms with Gasteiger partial charge >= 0.3 is 24.0 Å². The minimum absolute atomic E-state index is 0.340. The molecule has 0 fully saturated rings. The molecule has 0 unspecified atom stereocenters. The average molecular weight is 367 g/mol. The molecule has 1 aromatic heterocycles. The van der Waals surface area contributed by atoms with Crippen molar-refractivity contribution in [2.45, 2.75) is 0 Å². The molecule has 0 bridgehead atoms. The first-order valence-electron chi connectivity index (χ1n) is 6.69. The second-order valence-corrected chi connectivity index (χ2v) is 4.39. The standard InChI is InChI=1S/C13H13N5O8/c14-12(23)17-8(19)4-25-10(21)6-2-1-3-7(16-6)11(22)26-5-9(20)18-13(15)24/h1-3H,4-5H2,(H3,14,17,19,23)(H3,15,18,20,24). The number of carbonyl (C=O) groups excluding carboxylic acids is 6. The average Bonchev–Trinajstić information content (AvgIpc) is 2.56. The number of carbonyl (C=O) groups is 6. The van der Waals surface area contributed by atoms with Gasteiger partial charge in [0.2, 0.25) is 0 Å². The van der Waals surface area contributed by atoms with Gasteiger partial charge in [-0.25, -0.2) is 24.2 Å². The lowest BCUT2D eigenvalue weighted by Gasteiger charge is -2.06. The number of hydrogen-bond donors (Lipinski definition) is 4. The van der Waals surface area contributed by atoms with Crippen molar-refractivity contribution in [2.75, 3.05) is 13.2 Å². The first-order chi connectivity index (χ1) is 12.2. The van der Waals surface area contributed by atoms with Gasteiger partial charge < -0.3 is 20.9 Å². The van der Waals surface area contributed by atoms with E-state index in [0.29, 0.717) is 0 Å². The highest BCUT2D eigenvalue weighted by atomic mass is 16.5. The third kappa shape index (κ3) is 7.03. The Balaban J connectivity index is 2.63. The highest BCUT2D eigenvalue weighted by Crippen LogP contribution is 2.03. The van der Waals surface area contributed by atoms with Crippen molar-refractivity contribution in [3.63, 3.8) is 0 Å². The Labute approximate surface area is 145 Å². The van der Waals surface area contributed by atoms with E-state index >= 15 is 0 Å². The minimum atomic E-state index is -1.12. The van der Waals surface area contributed by atoms with Gasteiger partial charge in [-0.15, -0.1) is 0 Å². The Hall–Kier alpha value is -4.03. The molecule has 26 heavy (non-hydrogen) atoms. The van der Waals surface area contributed by atoms with Crippen LogP contribution in [0.2, 0.25) is 0 Å². The van der Waals surface area contributed by atoms with Gasteiger partial charge in [-0.1, -0.05) is 6.07 Å². The second kappa shape index (κ2) is 9.31. The van der Waals surface area contributed by atoms with Gasteiger partial charge in [-0.2, -0.15) is 0 Å². The summed E-state index contributed by atoms with van der Waals surface area (Å²) >= 11 is 0. The van der Waals surface area contributed by atoms with Crippen LogP contribution in [0.5, 0.6) is 0 Å². The molecule has 0 saturated heterocycles. The van der Waals surface area contributed by atoms with Crippen LogP contribution in [0.25, 0.3) is 0 Å². The molecular weight excluding hydrogens is 354 g/mol. The van der Waals surface area contributed by atoms with Gasteiger partial charge in [0.1, 0.15) is 11.4 Å². The molecule has 0 aromatic carbocycles. The Bertz CT molecular complexity index is 703. The number of rotatable bonds is 6. The fourth-order valence-electron chi connectivity index (χ4n) is 1.42. The zero-order valence-electron chi connectivity index (χ0n) is 13.0. The molecule has 0 spiro atoms. The number of imide groups is 2. The number of amides is 6. The Morgan fingerprint density at radius 3 is 1.54 bits per heavy atom. The number of nitrogens with zero attached hydrogens (tertiary/aromatic N) is 1. The Morgan fingerprint density at radius 1 is 0.808 bits per heavy atom. The molecule has 0 aliphatic rings. The Kier molecular flexibility index (Phi) is 7.17. The van der Waals surface area contributed by atoms with Crippen molar-refractivity contribution in [1.29, 1.82) is 0 Å². The summed E-state index contributed by atoms with van der Waals surface area (Å²) in [6.07, 6.45) is 0. The van der Waals surface area contributed by atoms with Gasteiger partial charge in [0.15, 0.2) is 13.2 Å². The van der Waals surface area contributed by atoms with Crippen LogP contribution in [0.3, 0.4) is 0 Å². The van der Waals surface area contributed by atoms with E-state index in [0.717, 1.165) is 0 Å². The number of esters is 2. The van der Waals surface area contributed by atoms with Crippen LogP contribution >= 0.6 is 0 Å². The lowest BCUT2D eigenvalue weighted by molar-refractivity contribution is -0.123. The van der Waals surface area contributed by atoms with Gasteiger partial charge in [-0.3, -0.25) is 20.2 Å². The van der Waals surface area contributed by atoms with Crippen molar-refractivity contribution in [1.82, 2.24) is 15.6 Å². The number of ether oxygens (including phenoxy) is 2. The number of urea groups is 2. The summed E-state index contributed by atoms with van der Waals surface area (Å²) < 4.78 is 9.16. The number of pyridine rings is 1. The number of nitrogens with one attached hydrogen (secondary N) is 2. The molecule has 0 atom stereocenters. The fraction of sp³-hybridized carbons (Fsp3) is 0.154. The Morgan fingerprint density at radius 2 is 1.19 bits per heavy atom. The molecule has 13 heteroatoms. The predicted octanol–water partition coefficient (Wildman–Crippen LogP) is -2.21. The third-order valence-electron chi connectivity index (χ3n) is 2.36. The summed E-state index contributed by atoms with van der Waals surface area (Å²) in [7, 11) is 0. The van der Waals surface area contributed by atoms with E-state index in [1.165, 1.54) is 18.2 Å². The van der Waals surface area contributed by atoms with Crippen molar-refractivity contribution < 1.29 is 38.2 Å². The van der Waals surface area contributed by atoms with Crippen LogP contribution in [-0.2, 0) is 19.1 Å². The van der Waals surface area contributed by atoms with Crippen LogP contribution in [0.1, 0.15) is 21.0 Å². The van der Waals surface area contributed by atoms with Crippen LogP contribution < -0.4 is 22.1 Å². The third-order valence-corrected chi connectivity index (χ3v) is 2.36. The number of aromatic nitrogens is 1. The maximum Gasteiger partial charge on any atom is 0.357 e. The second-order valence-electron chi connectivity index (χ2n) is 4.39. The molecule has 6 N–H and O–H groups in total. The maximum absolute atomic E-state index is 11.7. The number of nitrogens with two attached hydrogens (primary N) is 2. The van der Waals surface area contributed by atoms with Gasteiger partial charge in [-0.05, 0) is 12.1 Å². The van der Waals surface area contributed by atoms with E-state index in [9.17, 15) is 28.8 Å². The predicted molar refractivity (Wildman–Crippen MR) is 80.3 cm³/mol. The SMILES string of the molecule is NC(=O)NC(=O)COC(=O)c1cccc(C(=O)OCC(=O)NC(N)=O)n1. The molecule has 138 valence electrons. The quantitative estimate of drug-likeness (QED) is 0.401. The van der Waals surface area contributed by atoms with Crippen LogP contribution in [0.15, 0.2) is 18.2 Å². The van der Waals surface area contributed by atoms with E-state index in [1.54, 1.807) is 10.6 Å². The van der Waals surface area contributed by atoms with E-state index in [-0.39, 0.29) is 11.4 Å². The molecule has 1 heterocycles. The summed E-state index contributed by atoms with van der Waals surface area (Å²) in [5.41, 5.74) is 8.74. The zero-order valence-corrected chi connectivity index (χ0v) is 13.0. The zero-order chi connectivity index (χ0) is 19.7. The molecule has 0 aliphatic heterocycles. The van der Waals surface area contributed by atoms with Crippen LogP contribution in [0, 0.1) is 0 Å². The molecule has 0 saturated carbocycles. The molecule has 13 nitrogen and oxygen atoms in total. The van der Waals surface area contributed by atoms with Crippen molar-refractivity contribution in [3.8, 4) is 0 Å². The van der Waals surface area contributed by atoms with Gasteiger partial charge in [0.05, 0.1) is 0 Å². The van der Waals surface area contributed by atoms with E-state index in [2.05, 4.69) is 14.5 Å². The van der Waals surface area contributed by atoms with Gasteiger partial charge in [0, 0.05) is 0 Å². The topological polar surface area (TPSA) is 210 Å². The summed E-state index contributed by atoms with van der Waals surface area (Å²) in [5, 5.41) is 3.35. The lowest BCUT2D eigenvalue weighted by atomic mass is 10.3. The van der Waals surface area contributed by atoms with Crippen LogP contribution in [0.4, 0.5) is 9.59 Å². The summed E-state index contributed by atoms with van der Waals surface area (Å²) in [5.74, 6) is -4.04. The molecular formula is C13H13N5O8. The van der Waals surface area contributed by atoms with E-state index in [4.69, 9.17) is 11.5 Å². The largest absolute Gasteiger partial charge is 0.451 e. The number of primary amides is 2. The molecule has 0 aliphatic carbocycles. The summed E-state index contributed by atoms with van der Waals surface area (Å²) in [6, 6.07) is 1.41. The molecule has 1 rings (SSSR count). The fourth-order valence-corrected chi connectivity index (χ4v) is 1.42. The first kappa shape index (κ1) is 20.0. The van der Waals surface area contributed by atoms with Crippen molar-refractivity contribution in [2.24, 2.45) is 11.5 Å². The van der Waals surface area contributed by atoms with E-state index in [1.807, 2.05) is 0 Å². The normalized spacial score (nSPS) is 9.54. The summed E-state index contributed by atoms with van der Waals surface area (Å²) in [6.45, 7) is -1.60. The highest BCUT2D eigenvalue weighted by Gasteiger charge is 2.17. The maximum atomic E-state index is 11.7. The monoisotopic (exact) mass is 367 g/mol. The summed E-state index contributed by atoms with van der Waals surface area (Å²) in [4.78, 5) is 70.3. The van der Waals surface area contributed by atoms with Gasteiger partial charge in [0.25, 0.3) is 11.8 Å². The van der Waals surface area contributed by atoms with Crippen molar-refractivity contribution >= 4 is 35.8 Å². The lowest BCUT2D eigenvalue weighted by Crippen LogP contribution is -2.38. The first-order valence-corrected chi connectivity index (χ1v) is 6.69. The molecule has 1 aromatic rings. The number of hydrogen-bond acceptors (Lipinski definition) is 9. The van der Waals surface area contributed by atoms with Crippen LogP contribution in [-0.4, -0.2) is 54.0 Å².